The van der Waals surface area contributed by atoms with Crippen molar-refractivity contribution in [3.8, 4) is 0 Å². The Hall–Kier alpha value is -0.810. The predicted molar refractivity (Wildman–Crippen MR) is 33.4 cm³/mol. The van der Waals surface area contributed by atoms with Crippen LogP contribution in [0.4, 0.5) is 0 Å². The summed E-state index contributed by atoms with van der Waals surface area (Å²) in [5, 5.41) is 11.0. The lowest BCUT2D eigenvalue weighted by atomic mass is 10.7. The maximum Gasteiger partial charge on any atom is 0.105 e. The summed E-state index contributed by atoms with van der Waals surface area (Å²) in [6, 6.07) is 0. The molecule has 0 bridgehead atoms. The van der Waals surface area contributed by atoms with E-state index in [1.807, 2.05) is 0 Å². The Bertz CT molecular complexity index is 112. The highest BCUT2D eigenvalue weighted by molar-refractivity contribution is 4.43. The van der Waals surface area contributed by atoms with Gasteiger partial charge in [0, 0.05) is 11.5 Å². The summed E-state index contributed by atoms with van der Waals surface area (Å²) in [5.41, 5.74) is 7.81. The minimum Gasteiger partial charge on any atom is -0.379 e. The monoisotopic (exact) mass is 147 g/mol. The molecule has 0 rings (SSSR count). The van der Waals surface area contributed by atoms with Crippen LogP contribution in [0.3, 0.4) is 0 Å². The van der Waals surface area contributed by atoms with Crippen LogP contribution in [0.15, 0.2) is 5.11 Å². The van der Waals surface area contributed by atoms with Gasteiger partial charge in [0.15, 0.2) is 0 Å². The Morgan fingerprint density at radius 1 is 1.40 bits per heavy atom. The molecule has 0 unspecified atom stereocenters. The smallest absolute Gasteiger partial charge is 0.105 e. The molecule has 10 heavy (non-hydrogen) atoms. The van der Waals surface area contributed by atoms with Crippen LogP contribution in [0.1, 0.15) is 0 Å². The van der Waals surface area contributed by atoms with Crippen LogP contribution >= 0.6 is 0 Å². The summed E-state index contributed by atoms with van der Waals surface area (Å²) in [5.74, 6) is 0. The van der Waals surface area contributed by atoms with Crippen LogP contribution in [0.2, 0.25) is 0 Å². The first-order chi connectivity index (χ1) is 4.91. The van der Waals surface area contributed by atoms with Gasteiger partial charge in [0.25, 0.3) is 0 Å². The van der Waals surface area contributed by atoms with Crippen molar-refractivity contribution in [2.45, 2.75) is 0 Å². The number of rotatable bonds is 6. The molecule has 0 aliphatic carbocycles. The van der Waals surface area contributed by atoms with Gasteiger partial charge in [0.1, 0.15) is 6.61 Å². The lowest BCUT2D eigenvalue weighted by Crippen LogP contribution is -2.04. The molecule has 58 valence electrons. The number of nitrogens with zero attached hydrogens (tertiary/aromatic N) is 3. The zero-order valence-corrected chi connectivity index (χ0v) is 5.43. The maximum absolute atomic E-state index is 7.81. The predicted octanol–water partition coefficient (Wildman–Crippen LogP) is 0.803. The molecule has 0 radical (unpaired) electrons. The fraction of sp³-hybridized carbons (Fsp3) is 1.00. The topological polar surface area (TPSA) is 87.5 Å². The second kappa shape index (κ2) is 8.19. The summed E-state index contributed by atoms with van der Waals surface area (Å²) in [6.45, 7) is 1.10. The van der Waals surface area contributed by atoms with E-state index < -0.39 is 0 Å². The van der Waals surface area contributed by atoms with Crippen LogP contribution in [0, 0.1) is 0 Å². The zero-order valence-electron chi connectivity index (χ0n) is 5.43. The number of ether oxygens (including phenoxy) is 1. The average molecular weight is 147 g/mol. The molecule has 0 fully saturated rings. The number of hydrogen-bond acceptors (Lipinski definition) is 4. The van der Waals surface area contributed by atoms with Crippen LogP contribution in [0.25, 0.3) is 10.4 Å². The highest BCUT2D eigenvalue weighted by Gasteiger charge is 1.85. The molecular formula is C4H9N3O3. The first-order valence-corrected chi connectivity index (χ1v) is 2.76. The Labute approximate surface area is 57.9 Å². The van der Waals surface area contributed by atoms with Crippen molar-refractivity contribution in [3.63, 3.8) is 0 Å². The highest BCUT2D eigenvalue weighted by atomic mass is 17.1. The molecule has 0 atom stereocenters. The first-order valence-electron chi connectivity index (χ1n) is 2.76. The van der Waals surface area contributed by atoms with Crippen molar-refractivity contribution in [1.82, 2.24) is 0 Å². The first kappa shape index (κ1) is 9.19. The van der Waals surface area contributed by atoms with Crippen LogP contribution in [-0.2, 0) is 9.62 Å². The quantitative estimate of drug-likeness (QED) is 0.150. The van der Waals surface area contributed by atoms with Gasteiger partial charge in [0.05, 0.1) is 13.2 Å². The highest BCUT2D eigenvalue weighted by Crippen LogP contribution is 1.77. The third kappa shape index (κ3) is 7.19. The van der Waals surface area contributed by atoms with Crippen LogP contribution in [0.5, 0.6) is 0 Å². The molecule has 0 aromatic heterocycles. The van der Waals surface area contributed by atoms with Crippen molar-refractivity contribution in [2.75, 3.05) is 26.4 Å². The van der Waals surface area contributed by atoms with Crippen LogP contribution < -0.4 is 0 Å². The number of azide groups is 1. The van der Waals surface area contributed by atoms with E-state index in [0.717, 1.165) is 0 Å². The van der Waals surface area contributed by atoms with E-state index in [2.05, 4.69) is 14.9 Å². The van der Waals surface area contributed by atoms with E-state index in [1.54, 1.807) is 0 Å². The van der Waals surface area contributed by atoms with Gasteiger partial charge in [-0.2, -0.15) is 0 Å². The van der Waals surface area contributed by atoms with Gasteiger partial charge < -0.3 is 4.74 Å². The number of hydrogen-bond donors (Lipinski definition) is 1. The average Bonchev–Trinajstić information content (AvgIpc) is 1.97. The molecule has 0 aliphatic heterocycles. The fourth-order valence-corrected chi connectivity index (χ4v) is 0.348. The molecule has 6 heteroatoms. The van der Waals surface area contributed by atoms with Crippen molar-refractivity contribution in [1.29, 1.82) is 0 Å². The largest absolute Gasteiger partial charge is 0.379 e. The molecule has 0 spiro atoms. The second-order valence-corrected chi connectivity index (χ2v) is 1.40. The molecule has 0 amide bonds. The molecule has 0 aliphatic rings. The Kier molecular flexibility index (Phi) is 7.53. The summed E-state index contributed by atoms with van der Waals surface area (Å²) in [6.07, 6.45) is 0. The summed E-state index contributed by atoms with van der Waals surface area (Å²) in [4.78, 5) is 6.24. The van der Waals surface area contributed by atoms with Crippen molar-refractivity contribution in [2.24, 2.45) is 5.11 Å². The summed E-state index contributed by atoms with van der Waals surface area (Å²) in [7, 11) is 0. The van der Waals surface area contributed by atoms with E-state index in [1.165, 1.54) is 0 Å². The van der Waals surface area contributed by atoms with E-state index in [4.69, 9.17) is 15.5 Å². The maximum atomic E-state index is 7.81. The molecule has 0 aromatic carbocycles. The van der Waals surface area contributed by atoms with Crippen molar-refractivity contribution >= 4 is 0 Å². The van der Waals surface area contributed by atoms with Crippen molar-refractivity contribution in [3.05, 3.63) is 10.4 Å². The van der Waals surface area contributed by atoms with Gasteiger partial charge in [-0.15, -0.1) is 0 Å². The van der Waals surface area contributed by atoms with E-state index in [-0.39, 0.29) is 6.61 Å². The third-order valence-corrected chi connectivity index (χ3v) is 0.718. The Morgan fingerprint density at radius 3 is 2.80 bits per heavy atom. The molecule has 0 aromatic rings. The third-order valence-electron chi connectivity index (χ3n) is 0.718. The second-order valence-electron chi connectivity index (χ2n) is 1.40. The van der Waals surface area contributed by atoms with Gasteiger partial charge in [-0.05, 0) is 5.53 Å². The zero-order chi connectivity index (χ0) is 7.66. The minimum absolute atomic E-state index is 0.135. The van der Waals surface area contributed by atoms with E-state index >= 15 is 0 Å². The van der Waals surface area contributed by atoms with Gasteiger partial charge in [0.2, 0.25) is 0 Å². The summed E-state index contributed by atoms with van der Waals surface area (Å²) < 4.78 is 4.83. The normalized spacial score (nSPS) is 8.90. The standard InChI is InChI=1S/C4H9N3O3/c5-7-6-1-2-9-3-4-10-8/h8H,1-4H2. The molecule has 0 saturated carbocycles. The van der Waals surface area contributed by atoms with Crippen molar-refractivity contribution < 1.29 is 14.9 Å². The lowest BCUT2D eigenvalue weighted by Gasteiger charge is -1.97. The molecular weight excluding hydrogens is 138 g/mol. The SMILES string of the molecule is [N-]=[N+]=NCCOCCOO. The minimum atomic E-state index is 0.135. The summed E-state index contributed by atoms with van der Waals surface area (Å²) >= 11 is 0. The molecule has 1 N–H and O–H groups in total. The van der Waals surface area contributed by atoms with E-state index in [0.29, 0.717) is 19.8 Å². The van der Waals surface area contributed by atoms with Gasteiger partial charge in [-0.3, -0.25) is 5.26 Å². The molecule has 0 heterocycles. The molecule has 6 nitrogen and oxygen atoms in total. The van der Waals surface area contributed by atoms with Gasteiger partial charge in [-0.25, -0.2) is 4.89 Å². The van der Waals surface area contributed by atoms with Gasteiger partial charge in [-0.1, -0.05) is 5.11 Å². The molecule has 0 saturated heterocycles. The Balaban J connectivity index is 2.83. The fourth-order valence-electron chi connectivity index (χ4n) is 0.348. The van der Waals surface area contributed by atoms with Gasteiger partial charge >= 0.3 is 0 Å². The van der Waals surface area contributed by atoms with Crippen LogP contribution in [-0.4, -0.2) is 31.6 Å². The lowest BCUT2D eigenvalue weighted by molar-refractivity contribution is -0.248. The Morgan fingerprint density at radius 2 is 2.20 bits per heavy atom. The van der Waals surface area contributed by atoms with E-state index in [9.17, 15) is 0 Å².